The molecule has 0 atom stereocenters. The molecule has 0 fully saturated rings. The van der Waals surface area contributed by atoms with Crippen molar-refractivity contribution >= 4 is 5.96 Å². The summed E-state index contributed by atoms with van der Waals surface area (Å²) in [5.74, 6) is 1.02. The number of ether oxygens (including phenoxy) is 2. The largest absolute Gasteiger partial charge is 0.475 e. The zero-order chi connectivity index (χ0) is 18.8. The van der Waals surface area contributed by atoms with E-state index in [0.717, 1.165) is 11.1 Å². The number of benzene rings is 1. The standard InChI is InChI=1S/C19H25FN4O2/c1-21-19(24(2)14-15-6-4-8-17(20)12-15)23-13-16-7-5-9-22-18(16)26-11-10-25-3/h4-9,12H,10-11,13-14H2,1-3H3,(H,21,23). The van der Waals surface area contributed by atoms with Crippen molar-refractivity contribution in [1.29, 1.82) is 0 Å². The fourth-order valence-electron chi connectivity index (χ4n) is 2.45. The molecule has 7 heteroatoms. The van der Waals surface area contributed by atoms with Crippen molar-refractivity contribution < 1.29 is 13.9 Å². The van der Waals surface area contributed by atoms with Crippen molar-refractivity contribution in [2.24, 2.45) is 4.99 Å². The summed E-state index contributed by atoms with van der Waals surface area (Å²) < 4.78 is 24.0. The number of halogens is 1. The maximum Gasteiger partial charge on any atom is 0.218 e. The van der Waals surface area contributed by atoms with Gasteiger partial charge in [0.2, 0.25) is 5.88 Å². The summed E-state index contributed by atoms with van der Waals surface area (Å²) in [4.78, 5) is 10.5. The molecule has 1 heterocycles. The third-order valence-corrected chi connectivity index (χ3v) is 3.70. The molecule has 0 radical (unpaired) electrons. The second-order valence-corrected chi connectivity index (χ2v) is 5.70. The summed E-state index contributed by atoms with van der Waals surface area (Å²) in [6, 6.07) is 10.3. The Bertz CT molecular complexity index is 724. The van der Waals surface area contributed by atoms with Gasteiger partial charge in [0.05, 0.1) is 6.61 Å². The van der Waals surface area contributed by atoms with E-state index < -0.39 is 0 Å². The second kappa shape index (κ2) is 10.4. The zero-order valence-electron chi connectivity index (χ0n) is 15.4. The lowest BCUT2D eigenvalue weighted by atomic mass is 10.2. The molecule has 1 N–H and O–H groups in total. The maximum atomic E-state index is 13.3. The minimum atomic E-state index is -0.243. The van der Waals surface area contributed by atoms with Crippen LogP contribution < -0.4 is 10.1 Å². The molecule has 0 aliphatic heterocycles. The number of aliphatic imine (C=N–C) groups is 1. The lowest BCUT2D eigenvalue weighted by Crippen LogP contribution is -2.38. The normalized spacial score (nSPS) is 11.3. The van der Waals surface area contributed by atoms with Crippen molar-refractivity contribution in [3.05, 3.63) is 59.5 Å². The zero-order valence-corrected chi connectivity index (χ0v) is 15.4. The molecular weight excluding hydrogens is 335 g/mol. The molecule has 0 amide bonds. The minimum absolute atomic E-state index is 0.243. The van der Waals surface area contributed by atoms with Gasteiger partial charge in [0.25, 0.3) is 0 Å². The van der Waals surface area contributed by atoms with Crippen LogP contribution in [0.2, 0.25) is 0 Å². The topological polar surface area (TPSA) is 59.0 Å². The lowest BCUT2D eigenvalue weighted by Gasteiger charge is -2.22. The van der Waals surface area contributed by atoms with Gasteiger partial charge in [-0.2, -0.15) is 0 Å². The van der Waals surface area contributed by atoms with Crippen molar-refractivity contribution in [1.82, 2.24) is 15.2 Å². The van der Waals surface area contributed by atoms with E-state index in [0.29, 0.717) is 38.1 Å². The average Bonchev–Trinajstić information content (AvgIpc) is 2.63. The molecular formula is C19H25FN4O2. The first-order valence-corrected chi connectivity index (χ1v) is 8.36. The molecule has 1 aromatic carbocycles. The molecule has 0 spiro atoms. The van der Waals surface area contributed by atoms with Crippen LogP contribution in [-0.2, 0) is 17.8 Å². The van der Waals surface area contributed by atoms with Crippen molar-refractivity contribution in [2.45, 2.75) is 13.1 Å². The second-order valence-electron chi connectivity index (χ2n) is 5.70. The van der Waals surface area contributed by atoms with Gasteiger partial charge < -0.3 is 19.7 Å². The van der Waals surface area contributed by atoms with Gasteiger partial charge in [-0.25, -0.2) is 9.37 Å². The van der Waals surface area contributed by atoms with E-state index in [-0.39, 0.29) is 5.82 Å². The number of guanidine groups is 1. The predicted molar refractivity (Wildman–Crippen MR) is 99.7 cm³/mol. The van der Waals surface area contributed by atoms with Crippen LogP contribution in [0, 0.1) is 5.82 Å². The number of aromatic nitrogens is 1. The molecule has 0 saturated carbocycles. The van der Waals surface area contributed by atoms with Crippen molar-refractivity contribution in [3.8, 4) is 5.88 Å². The summed E-state index contributed by atoms with van der Waals surface area (Å²) in [5, 5.41) is 3.28. The Kier molecular flexibility index (Phi) is 7.82. The number of nitrogens with zero attached hydrogens (tertiary/aromatic N) is 3. The highest BCUT2D eigenvalue weighted by atomic mass is 19.1. The van der Waals surface area contributed by atoms with Crippen LogP contribution in [0.25, 0.3) is 0 Å². The first-order valence-electron chi connectivity index (χ1n) is 8.36. The Morgan fingerprint density at radius 1 is 1.27 bits per heavy atom. The fourth-order valence-corrected chi connectivity index (χ4v) is 2.45. The number of nitrogens with one attached hydrogen (secondary N) is 1. The molecule has 26 heavy (non-hydrogen) atoms. The van der Waals surface area contributed by atoms with Gasteiger partial charge in [-0.05, 0) is 23.8 Å². The number of pyridine rings is 1. The number of hydrogen-bond donors (Lipinski definition) is 1. The lowest BCUT2D eigenvalue weighted by molar-refractivity contribution is 0.143. The number of hydrogen-bond acceptors (Lipinski definition) is 4. The Morgan fingerprint density at radius 3 is 2.85 bits per heavy atom. The number of rotatable bonds is 8. The van der Waals surface area contributed by atoms with E-state index in [2.05, 4.69) is 15.3 Å². The molecule has 1 aromatic heterocycles. The van der Waals surface area contributed by atoms with Crippen LogP contribution >= 0.6 is 0 Å². The Labute approximate surface area is 153 Å². The highest BCUT2D eigenvalue weighted by Crippen LogP contribution is 2.14. The number of methoxy groups -OCH3 is 1. The van der Waals surface area contributed by atoms with Gasteiger partial charge in [-0.3, -0.25) is 4.99 Å². The molecule has 0 bridgehead atoms. The summed E-state index contributed by atoms with van der Waals surface area (Å²) in [5.41, 5.74) is 1.80. The SMILES string of the molecule is CN=C(NCc1cccnc1OCCOC)N(C)Cc1cccc(F)c1. The van der Waals surface area contributed by atoms with Gasteiger partial charge in [0, 0.05) is 46.1 Å². The van der Waals surface area contributed by atoms with E-state index >= 15 is 0 Å². The average molecular weight is 360 g/mol. The van der Waals surface area contributed by atoms with Gasteiger partial charge in [0.15, 0.2) is 5.96 Å². The van der Waals surface area contributed by atoms with Crippen LogP contribution in [0.3, 0.4) is 0 Å². The molecule has 2 aromatic rings. The molecule has 6 nitrogen and oxygen atoms in total. The fraction of sp³-hybridized carbons (Fsp3) is 0.368. The highest BCUT2D eigenvalue weighted by molar-refractivity contribution is 5.79. The molecule has 0 saturated heterocycles. The van der Waals surface area contributed by atoms with Gasteiger partial charge in [-0.1, -0.05) is 18.2 Å². The third kappa shape index (κ3) is 6.00. The Balaban J connectivity index is 1.96. The van der Waals surface area contributed by atoms with E-state index in [1.54, 1.807) is 26.4 Å². The van der Waals surface area contributed by atoms with Gasteiger partial charge in [-0.15, -0.1) is 0 Å². The Morgan fingerprint density at radius 2 is 2.12 bits per heavy atom. The first kappa shape index (κ1) is 19.7. The van der Waals surface area contributed by atoms with Crippen molar-refractivity contribution in [3.63, 3.8) is 0 Å². The third-order valence-electron chi connectivity index (χ3n) is 3.70. The maximum absolute atomic E-state index is 13.3. The summed E-state index contributed by atoms with van der Waals surface area (Å²) in [7, 11) is 5.24. The van der Waals surface area contributed by atoms with Gasteiger partial charge in [0.1, 0.15) is 12.4 Å². The van der Waals surface area contributed by atoms with E-state index in [9.17, 15) is 4.39 Å². The van der Waals surface area contributed by atoms with Crippen LogP contribution in [0.4, 0.5) is 4.39 Å². The van der Waals surface area contributed by atoms with Crippen LogP contribution in [0.5, 0.6) is 5.88 Å². The molecule has 140 valence electrons. The molecule has 2 rings (SSSR count). The van der Waals surface area contributed by atoms with Crippen molar-refractivity contribution in [2.75, 3.05) is 34.4 Å². The molecule has 0 aliphatic carbocycles. The summed E-state index contributed by atoms with van der Waals surface area (Å²) >= 11 is 0. The predicted octanol–water partition coefficient (Wildman–Crippen LogP) is 2.45. The molecule has 0 unspecified atom stereocenters. The van der Waals surface area contributed by atoms with Gasteiger partial charge >= 0.3 is 0 Å². The first-order chi connectivity index (χ1) is 12.6. The quantitative estimate of drug-likeness (QED) is 0.445. The summed E-state index contributed by atoms with van der Waals surface area (Å²) in [6.07, 6.45) is 1.69. The summed E-state index contributed by atoms with van der Waals surface area (Å²) in [6.45, 7) is 1.99. The highest BCUT2D eigenvalue weighted by Gasteiger charge is 2.10. The van der Waals surface area contributed by atoms with E-state index in [1.165, 1.54) is 12.1 Å². The monoisotopic (exact) mass is 360 g/mol. The Hall–Kier alpha value is -2.67. The van der Waals surface area contributed by atoms with Crippen LogP contribution in [0.1, 0.15) is 11.1 Å². The van der Waals surface area contributed by atoms with E-state index in [4.69, 9.17) is 9.47 Å². The molecule has 0 aliphatic rings. The van der Waals surface area contributed by atoms with Crippen LogP contribution in [0.15, 0.2) is 47.6 Å². The van der Waals surface area contributed by atoms with Crippen LogP contribution in [-0.4, -0.2) is 50.3 Å². The smallest absolute Gasteiger partial charge is 0.218 e. The minimum Gasteiger partial charge on any atom is -0.475 e. The van der Waals surface area contributed by atoms with E-state index in [1.807, 2.05) is 30.1 Å².